The molecule has 0 atom stereocenters. The minimum atomic E-state index is -3.55. The fourth-order valence-electron chi connectivity index (χ4n) is 4.24. The molecule has 0 bridgehead atoms. The second-order valence-electron chi connectivity index (χ2n) is 8.87. The van der Waals surface area contributed by atoms with Gasteiger partial charge in [-0.1, -0.05) is 13.0 Å². The van der Waals surface area contributed by atoms with Gasteiger partial charge in [0.05, 0.1) is 11.1 Å². The lowest BCUT2D eigenvalue weighted by Gasteiger charge is -2.31. The lowest BCUT2D eigenvalue weighted by atomic mass is 10.1. The molecule has 0 unspecified atom stereocenters. The molecule has 0 saturated carbocycles. The Morgan fingerprint density at radius 3 is 2.54 bits per heavy atom. The normalized spacial score (nSPS) is 14.7. The number of rotatable bonds is 6. The highest BCUT2D eigenvalue weighted by Crippen LogP contribution is 2.28. The Morgan fingerprint density at radius 1 is 1.11 bits per heavy atom. The SMILES string of the molecule is CCc1ccc(C(=O)N2CCC(Oc3ncnc4c3cnn4-c3ccc(S(C)(=O)=O)cc3F)CC2)nc1. The summed E-state index contributed by atoms with van der Waals surface area (Å²) in [5.74, 6) is -0.536. The molecule has 5 rings (SSSR count). The van der Waals surface area contributed by atoms with Gasteiger partial charge in [-0.3, -0.25) is 9.78 Å². The average molecular weight is 525 g/mol. The highest BCUT2D eigenvalue weighted by molar-refractivity contribution is 7.90. The van der Waals surface area contributed by atoms with Crippen LogP contribution in [0.5, 0.6) is 5.88 Å². The minimum absolute atomic E-state index is 0.0550. The first-order valence-electron chi connectivity index (χ1n) is 11.8. The van der Waals surface area contributed by atoms with Crippen molar-refractivity contribution in [3.63, 3.8) is 0 Å². The van der Waals surface area contributed by atoms with Crippen LogP contribution in [0.3, 0.4) is 0 Å². The molecule has 0 aliphatic carbocycles. The number of carbonyl (C=O) groups excluding carboxylic acids is 1. The van der Waals surface area contributed by atoms with E-state index < -0.39 is 15.7 Å². The summed E-state index contributed by atoms with van der Waals surface area (Å²) in [4.78, 5) is 27.2. The van der Waals surface area contributed by atoms with Crippen molar-refractivity contribution in [3.8, 4) is 11.6 Å². The summed E-state index contributed by atoms with van der Waals surface area (Å²) >= 11 is 0. The number of likely N-dealkylation sites (tertiary alicyclic amines) is 1. The van der Waals surface area contributed by atoms with E-state index in [-0.39, 0.29) is 22.6 Å². The van der Waals surface area contributed by atoms with Crippen molar-refractivity contribution >= 4 is 26.8 Å². The summed E-state index contributed by atoms with van der Waals surface area (Å²) in [5.41, 5.74) is 1.89. The summed E-state index contributed by atoms with van der Waals surface area (Å²) in [6, 6.07) is 7.31. The van der Waals surface area contributed by atoms with E-state index in [1.165, 1.54) is 29.3 Å². The van der Waals surface area contributed by atoms with Crippen LogP contribution in [0.25, 0.3) is 16.7 Å². The van der Waals surface area contributed by atoms with Crippen LogP contribution in [0.2, 0.25) is 0 Å². The van der Waals surface area contributed by atoms with Crippen LogP contribution >= 0.6 is 0 Å². The van der Waals surface area contributed by atoms with Gasteiger partial charge >= 0.3 is 0 Å². The Balaban J connectivity index is 1.30. The van der Waals surface area contributed by atoms with Crippen molar-refractivity contribution < 1.29 is 22.3 Å². The summed E-state index contributed by atoms with van der Waals surface area (Å²) in [7, 11) is -3.55. The lowest BCUT2D eigenvalue weighted by Crippen LogP contribution is -2.42. The third kappa shape index (κ3) is 5.01. The van der Waals surface area contributed by atoms with E-state index in [4.69, 9.17) is 4.74 Å². The van der Waals surface area contributed by atoms with E-state index >= 15 is 0 Å². The number of hydrogen-bond donors (Lipinski definition) is 0. The number of piperidine rings is 1. The number of halogens is 1. The maximum atomic E-state index is 14.8. The van der Waals surface area contributed by atoms with Gasteiger partial charge < -0.3 is 9.64 Å². The number of benzene rings is 1. The standard InChI is InChI=1S/C25H25FN6O4S/c1-3-16-4-6-21(27-13-16)25(33)31-10-8-17(9-11-31)36-24-19-14-30-32(23(19)28-15-29-24)22-7-5-18(12-20(22)26)37(2,34)35/h4-7,12-15,17H,3,8-11H2,1-2H3. The van der Waals surface area contributed by atoms with Gasteiger partial charge in [-0.2, -0.15) is 5.10 Å². The monoisotopic (exact) mass is 524 g/mol. The minimum Gasteiger partial charge on any atom is -0.474 e. The topological polar surface area (TPSA) is 120 Å². The lowest BCUT2D eigenvalue weighted by molar-refractivity contribution is 0.0585. The molecule has 192 valence electrons. The first-order chi connectivity index (χ1) is 17.7. The van der Waals surface area contributed by atoms with Crippen molar-refractivity contribution in [2.75, 3.05) is 19.3 Å². The van der Waals surface area contributed by atoms with Gasteiger partial charge in [-0.25, -0.2) is 27.5 Å². The Labute approximate surface area is 213 Å². The summed E-state index contributed by atoms with van der Waals surface area (Å²) in [6.07, 6.45) is 7.45. The maximum Gasteiger partial charge on any atom is 0.272 e. The number of aromatic nitrogens is 5. The zero-order valence-corrected chi connectivity index (χ0v) is 21.2. The van der Waals surface area contributed by atoms with Gasteiger partial charge in [0.15, 0.2) is 15.5 Å². The van der Waals surface area contributed by atoms with E-state index in [9.17, 15) is 17.6 Å². The molecule has 0 N–H and O–H groups in total. The highest BCUT2D eigenvalue weighted by atomic mass is 32.2. The molecule has 0 spiro atoms. The predicted octanol–water partition coefficient (Wildman–Crippen LogP) is 3.00. The van der Waals surface area contributed by atoms with E-state index in [0.29, 0.717) is 48.5 Å². The number of aryl methyl sites for hydroxylation is 1. The molecule has 37 heavy (non-hydrogen) atoms. The number of hydrogen-bond acceptors (Lipinski definition) is 8. The van der Waals surface area contributed by atoms with Gasteiger partial charge in [0, 0.05) is 38.4 Å². The summed E-state index contributed by atoms with van der Waals surface area (Å²) in [6.45, 7) is 3.08. The first-order valence-corrected chi connectivity index (χ1v) is 13.7. The van der Waals surface area contributed by atoms with E-state index in [1.54, 1.807) is 17.2 Å². The van der Waals surface area contributed by atoms with E-state index in [2.05, 4.69) is 20.1 Å². The Morgan fingerprint density at radius 2 is 1.89 bits per heavy atom. The Bertz CT molecular complexity index is 1560. The first kappa shape index (κ1) is 24.8. The number of sulfone groups is 1. The molecule has 1 saturated heterocycles. The van der Waals surface area contributed by atoms with Crippen LogP contribution in [-0.2, 0) is 16.3 Å². The van der Waals surface area contributed by atoms with Crippen molar-refractivity contribution in [1.82, 2.24) is 29.6 Å². The van der Waals surface area contributed by atoms with Crippen LogP contribution in [-0.4, -0.2) is 69.4 Å². The predicted molar refractivity (Wildman–Crippen MR) is 133 cm³/mol. The number of fused-ring (bicyclic) bond motifs is 1. The Hall–Kier alpha value is -3.93. The third-order valence-corrected chi connectivity index (χ3v) is 7.47. The summed E-state index contributed by atoms with van der Waals surface area (Å²) < 4.78 is 45.7. The van der Waals surface area contributed by atoms with Crippen LogP contribution < -0.4 is 4.74 Å². The second-order valence-corrected chi connectivity index (χ2v) is 10.9. The maximum absolute atomic E-state index is 14.8. The summed E-state index contributed by atoms with van der Waals surface area (Å²) in [5, 5.41) is 4.73. The molecule has 1 aliphatic heterocycles. The molecule has 4 heterocycles. The van der Waals surface area contributed by atoms with Gasteiger partial charge in [0.1, 0.15) is 35.0 Å². The molecule has 3 aromatic heterocycles. The largest absolute Gasteiger partial charge is 0.474 e. The molecule has 10 nitrogen and oxygen atoms in total. The van der Waals surface area contributed by atoms with Crippen LogP contribution in [0.15, 0.2) is 53.9 Å². The zero-order chi connectivity index (χ0) is 26.2. The van der Waals surface area contributed by atoms with Gasteiger partial charge in [-0.05, 0) is 36.2 Å². The molecule has 0 radical (unpaired) electrons. The highest BCUT2D eigenvalue weighted by Gasteiger charge is 2.27. The van der Waals surface area contributed by atoms with Crippen molar-refractivity contribution in [2.45, 2.75) is 37.2 Å². The number of amides is 1. The Kier molecular flexibility index (Phi) is 6.59. The molecule has 1 aliphatic rings. The molecule has 1 aromatic carbocycles. The van der Waals surface area contributed by atoms with Gasteiger partial charge in [0.2, 0.25) is 5.88 Å². The number of ether oxygens (including phenoxy) is 1. The van der Waals surface area contributed by atoms with Crippen LogP contribution in [0, 0.1) is 5.82 Å². The van der Waals surface area contributed by atoms with E-state index in [1.807, 2.05) is 13.0 Å². The fraction of sp³-hybridized carbons (Fsp3) is 0.320. The number of pyridine rings is 1. The van der Waals surface area contributed by atoms with Gasteiger partial charge in [-0.15, -0.1) is 0 Å². The molecule has 4 aromatic rings. The molecular formula is C25H25FN6O4S. The zero-order valence-electron chi connectivity index (χ0n) is 20.3. The molecule has 1 fully saturated rings. The van der Waals surface area contributed by atoms with Gasteiger partial charge in [0.25, 0.3) is 5.91 Å². The molecule has 12 heteroatoms. The molecule has 1 amide bonds. The van der Waals surface area contributed by atoms with Crippen LogP contribution in [0.1, 0.15) is 35.8 Å². The fourth-order valence-corrected chi connectivity index (χ4v) is 4.87. The van der Waals surface area contributed by atoms with Crippen molar-refractivity contribution in [3.05, 3.63) is 66.1 Å². The third-order valence-electron chi connectivity index (χ3n) is 6.36. The molecular weight excluding hydrogens is 499 g/mol. The second kappa shape index (κ2) is 9.85. The van der Waals surface area contributed by atoms with Crippen molar-refractivity contribution in [2.24, 2.45) is 0 Å². The van der Waals surface area contributed by atoms with Crippen LogP contribution in [0.4, 0.5) is 4.39 Å². The number of carbonyl (C=O) groups is 1. The quantitative estimate of drug-likeness (QED) is 0.378. The number of nitrogens with zero attached hydrogens (tertiary/aromatic N) is 6. The smallest absolute Gasteiger partial charge is 0.272 e. The van der Waals surface area contributed by atoms with Crippen molar-refractivity contribution in [1.29, 1.82) is 0 Å². The van der Waals surface area contributed by atoms with E-state index in [0.717, 1.165) is 24.3 Å². The average Bonchev–Trinajstić information content (AvgIpc) is 3.33.